The summed E-state index contributed by atoms with van der Waals surface area (Å²) in [6.07, 6.45) is 0. The number of rotatable bonds is 0. The molecule has 4 heavy (non-hydrogen) atoms. The molecule has 0 spiro atoms. The van der Waals surface area contributed by atoms with E-state index in [1.165, 1.54) is 0 Å². The van der Waals surface area contributed by atoms with Crippen molar-refractivity contribution in [2.45, 2.75) is 0 Å². The third kappa shape index (κ3) is 29.4. The molecule has 0 aromatic rings. The van der Waals surface area contributed by atoms with E-state index in [4.69, 9.17) is 10.5 Å². The molecule has 3 nitrogen and oxygen atoms in total. The first-order chi connectivity index (χ1) is 1.41. The predicted molar refractivity (Wildman–Crippen MR) is 1.08 cm³/mol. The Morgan fingerprint density at radius 1 is 1.25 bits per heavy atom. The summed E-state index contributed by atoms with van der Waals surface area (Å²) in [5, 5.41) is 17.5. The zero-order chi connectivity index (χ0) is 2.71. The first-order valence-corrected chi connectivity index (χ1v) is 0.333. The van der Waals surface area contributed by atoms with Crippen LogP contribution >= 0.6 is 0 Å². The van der Waals surface area contributed by atoms with Gasteiger partial charge in [0.1, 0.15) is 0 Å². The van der Waals surface area contributed by atoms with Gasteiger partial charge in [-0.15, -0.1) is 0 Å². The fourth-order valence-corrected chi connectivity index (χ4v) is 0. The Morgan fingerprint density at radius 2 is 1.25 bits per heavy atom. The van der Waals surface area contributed by atoms with Gasteiger partial charge in [-0.05, 0) is 0 Å². The van der Waals surface area contributed by atoms with Crippen LogP contribution in [0.25, 0.3) is 0 Å². The molecule has 0 aliphatic rings. The third-order valence-corrected chi connectivity index (χ3v) is 0. The minimum absolute atomic E-state index is 0. The van der Waals surface area contributed by atoms with E-state index in [1.54, 1.807) is 5.04 Å². The maximum atomic E-state index is 7.88. The van der Waals surface area contributed by atoms with Crippen molar-refractivity contribution >= 4 is 0 Å². The predicted octanol–water partition coefficient (Wildman–Crippen LogP) is -2.45. The molecule has 0 aromatic heterocycles. The summed E-state index contributed by atoms with van der Waals surface area (Å²) < 4.78 is 0. The molecule has 0 fully saturated rings. The molecule has 0 aromatic carbocycles. The van der Waals surface area contributed by atoms with E-state index in [1.807, 2.05) is 0 Å². The topological polar surface area (TPSA) is 55.3 Å². The van der Waals surface area contributed by atoms with Gasteiger partial charge in [0, 0.05) is 0 Å². The smallest absolute Gasteiger partial charge is 0.734 e. The maximum absolute atomic E-state index is 7.88. The van der Waals surface area contributed by atoms with E-state index in [0.717, 1.165) is 0 Å². The molecular formula is CuO3. The average molecular weight is 112 g/mol. The Hall–Kier alpha value is 0.399. The molecule has 0 aliphatic carbocycles. The minimum Gasteiger partial charge on any atom is -0.734 e. The van der Waals surface area contributed by atoms with Gasteiger partial charge in [-0.1, -0.05) is 0 Å². The van der Waals surface area contributed by atoms with Gasteiger partial charge in [-0.2, -0.15) is 0 Å². The van der Waals surface area contributed by atoms with Gasteiger partial charge in [0.25, 0.3) is 0 Å². The second kappa shape index (κ2) is 9.99. The van der Waals surface area contributed by atoms with E-state index < -0.39 is 0 Å². The second-order valence-electron chi connectivity index (χ2n) is 0.0680. The zero-order valence-corrected chi connectivity index (χ0v) is 2.47. The van der Waals surface area contributed by atoms with E-state index in [2.05, 4.69) is 0 Å². The molecule has 29 valence electrons. The fraction of sp³-hybridized carbons (Fsp3) is 0. The van der Waals surface area contributed by atoms with Gasteiger partial charge < -0.3 is 15.6 Å². The van der Waals surface area contributed by atoms with Crippen LogP contribution < -0.4 is 10.5 Å². The molecule has 0 saturated carbocycles. The van der Waals surface area contributed by atoms with Crippen molar-refractivity contribution in [3.05, 3.63) is 0 Å². The molecule has 0 atom stereocenters. The summed E-state index contributed by atoms with van der Waals surface area (Å²) in [5.74, 6) is 0. The van der Waals surface area contributed by atoms with Crippen molar-refractivity contribution in [2.24, 2.45) is 0 Å². The van der Waals surface area contributed by atoms with Crippen molar-refractivity contribution in [2.75, 3.05) is 0 Å². The van der Waals surface area contributed by atoms with Gasteiger partial charge in [0.2, 0.25) is 0 Å². The maximum Gasteiger partial charge on any atom is 2.00 e. The molecule has 4 heteroatoms. The second-order valence-corrected chi connectivity index (χ2v) is 0.0680. The van der Waals surface area contributed by atoms with Gasteiger partial charge in [-0.25, -0.2) is 0 Å². The largest absolute Gasteiger partial charge is 2.00 e. The van der Waals surface area contributed by atoms with Crippen LogP contribution in [-0.4, -0.2) is 0 Å². The van der Waals surface area contributed by atoms with Crippen molar-refractivity contribution in [3.8, 4) is 0 Å². The zero-order valence-electron chi connectivity index (χ0n) is 1.53. The van der Waals surface area contributed by atoms with Crippen LogP contribution in [0.5, 0.6) is 0 Å². The summed E-state index contributed by atoms with van der Waals surface area (Å²) in [6, 6.07) is 0. The molecule has 0 rings (SSSR count). The van der Waals surface area contributed by atoms with Gasteiger partial charge >= 0.3 is 17.1 Å². The Morgan fingerprint density at radius 3 is 1.25 bits per heavy atom. The van der Waals surface area contributed by atoms with Crippen LogP contribution in [0, 0.1) is 0 Å². The first kappa shape index (κ1) is 8.83. The molecule has 1 radical (unpaired) electrons. The Bertz CT molecular complexity index is 3.25. The summed E-state index contributed by atoms with van der Waals surface area (Å²) in [5.41, 5.74) is 0. The van der Waals surface area contributed by atoms with Crippen molar-refractivity contribution < 1.29 is 32.6 Å². The molecule has 0 saturated heterocycles. The summed E-state index contributed by atoms with van der Waals surface area (Å²) in [6.45, 7) is 0. The minimum atomic E-state index is 0. The van der Waals surface area contributed by atoms with Crippen molar-refractivity contribution in [1.29, 1.82) is 0 Å². The molecule has 0 heterocycles. The van der Waals surface area contributed by atoms with E-state index >= 15 is 0 Å². The van der Waals surface area contributed by atoms with E-state index in [9.17, 15) is 0 Å². The first-order valence-electron chi connectivity index (χ1n) is 0.333. The fourth-order valence-electron chi connectivity index (χ4n) is 0. The Kier molecular flexibility index (Phi) is 22.1. The van der Waals surface area contributed by atoms with Crippen LogP contribution in [0.15, 0.2) is 0 Å². The van der Waals surface area contributed by atoms with E-state index in [-0.39, 0.29) is 17.1 Å². The molecule has 0 aliphatic heterocycles. The standard InChI is InChI=1S/Cu.H2O3/c;1-3-2/h;1-2H/q+2;/p-2. The third-order valence-electron chi connectivity index (χ3n) is 0. The molecule has 0 unspecified atom stereocenters. The van der Waals surface area contributed by atoms with Crippen LogP contribution in [0.2, 0.25) is 0 Å². The van der Waals surface area contributed by atoms with Gasteiger partial charge in [0.05, 0.1) is 0 Å². The molecule has 0 amide bonds. The van der Waals surface area contributed by atoms with Crippen LogP contribution in [-0.2, 0) is 22.1 Å². The normalized spacial score (nSPS) is 4.50. The van der Waals surface area contributed by atoms with Gasteiger partial charge in [-0.3, -0.25) is 0 Å². The summed E-state index contributed by atoms with van der Waals surface area (Å²) in [7, 11) is 0. The molecule has 0 bridgehead atoms. The van der Waals surface area contributed by atoms with Crippen molar-refractivity contribution in [3.63, 3.8) is 0 Å². The van der Waals surface area contributed by atoms with Crippen LogP contribution in [0.4, 0.5) is 0 Å². The average Bonchev–Trinajstić information content (AvgIpc) is 0.918. The number of hydrogen-bond acceptors (Lipinski definition) is 3. The van der Waals surface area contributed by atoms with Crippen molar-refractivity contribution in [1.82, 2.24) is 0 Å². The molecule has 0 N–H and O–H groups in total. The molecular weight excluding hydrogens is 112 g/mol. The monoisotopic (exact) mass is 111 g/mol. The Labute approximate surface area is 33.5 Å². The van der Waals surface area contributed by atoms with Crippen LogP contribution in [0.3, 0.4) is 0 Å². The SMILES string of the molecule is [Cu+2].[O-]O[O-]. The summed E-state index contributed by atoms with van der Waals surface area (Å²) >= 11 is 0. The van der Waals surface area contributed by atoms with Crippen LogP contribution in [0.1, 0.15) is 0 Å². The quantitative estimate of drug-likeness (QED) is 0.198. The Balaban J connectivity index is 0. The number of hydrogen-bond donors (Lipinski definition) is 0. The van der Waals surface area contributed by atoms with E-state index in [0.29, 0.717) is 0 Å². The van der Waals surface area contributed by atoms with Gasteiger partial charge in [0.15, 0.2) is 0 Å². The summed E-state index contributed by atoms with van der Waals surface area (Å²) in [4.78, 5) is 0.